The van der Waals surface area contributed by atoms with Gasteiger partial charge in [0.05, 0.1) is 0 Å². The molecule has 1 amide bonds. The highest BCUT2D eigenvalue weighted by molar-refractivity contribution is 5.75. The van der Waals surface area contributed by atoms with Crippen LogP contribution in [0, 0.1) is 5.92 Å². The molecule has 15 heavy (non-hydrogen) atoms. The molecule has 0 saturated carbocycles. The molecule has 4 heteroatoms. The minimum atomic E-state index is 0.114. The van der Waals surface area contributed by atoms with Crippen LogP contribution in [-0.2, 0) is 4.79 Å². The molecule has 4 nitrogen and oxygen atoms in total. The minimum absolute atomic E-state index is 0.114. The van der Waals surface area contributed by atoms with E-state index >= 15 is 0 Å². The molecule has 2 N–H and O–H groups in total. The third kappa shape index (κ3) is 4.18. The molecule has 1 aliphatic rings. The second kappa shape index (κ2) is 6.08. The van der Waals surface area contributed by atoms with Crippen molar-refractivity contribution >= 4 is 5.91 Å². The average molecular weight is 213 g/mol. The zero-order valence-corrected chi connectivity index (χ0v) is 10.0. The highest BCUT2D eigenvalue weighted by Crippen LogP contribution is 2.14. The van der Waals surface area contributed by atoms with Gasteiger partial charge in [0, 0.05) is 32.6 Å². The fraction of sp³-hybridized carbons (Fsp3) is 0.909. The Labute approximate surface area is 92.4 Å². The molecule has 1 heterocycles. The predicted molar refractivity (Wildman–Crippen MR) is 61.8 cm³/mol. The number of nitrogens with zero attached hydrogens (tertiary/aromatic N) is 1. The SMILES string of the molecule is CNC(=O)CCNC1CCN(C)CC1C. The van der Waals surface area contributed by atoms with Crippen molar-refractivity contribution in [2.45, 2.75) is 25.8 Å². The van der Waals surface area contributed by atoms with Gasteiger partial charge in [0.1, 0.15) is 0 Å². The first kappa shape index (κ1) is 12.5. The largest absolute Gasteiger partial charge is 0.359 e. The molecule has 0 aromatic heterocycles. The summed E-state index contributed by atoms with van der Waals surface area (Å²) in [6, 6.07) is 0.575. The Kier molecular flexibility index (Phi) is 5.05. The lowest BCUT2D eigenvalue weighted by atomic mass is 9.94. The third-order valence-electron chi connectivity index (χ3n) is 3.15. The molecule has 0 aromatic carbocycles. The number of piperidine rings is 1. The van der Waals surface area contributed by atoms with Crippen LogP contribution in [0.1, 0.15) is 19.8 Å². The fourth-order valence-corrected chi connectivity index (χ4v) is 2.15. The van der Waals surface area contributed by atoms with E-state index in [9.17, 15) is 4.79 Å². The number of nitrogens with one attached hydrogen (secondary N) is 2. The number of likely N-dealkylation sites (tertiary alicyclic amines) is 1. The molecule has 2 atom stereocenters. The molecule has 0 radical (unpaired) electrons. The molecule has 0 aliphatic carbocycles. The number of hydrogen-bond acceptors (Lipinski definition) is 3. The van der Waals surface area contributed by atoms with E-state index < -0.39 is 0 Å². The fourth-order valence-electron chi connectivity index (χ4n) is 2.15. The molecule has 1 fully saturated rings. The van der Waals surface area contributed by atoms with Crippen molar-refractivity contribution in [1.82, 2.24) is 15.5 Å². The van der Waals surface area contributed by atoms with Crippen LogP contribution < -0.4 is 10.6 Å². The van der Waals surface area contributed by atoms with Crippen LogP contribution in [0.4, 0.5) is 0 Å². The molecule has 1 saturated heterocycles. The van der Waals surface area contributed by atoms with Crippen LogP contribution >= 0.6 is 0 Å². The summed E-state index contributed by atoms with van der Waals surface area (Å²) < 4.78 is 0. The zero-order chi connectivity index (χ0) is 11.3. The van der Waals surface area contributed by atoms with Gasteiger partial charge >= 0.3 is 0 Å². The van der Waals surface area contributed by atoms with Gasteiger partial charge in [-0.15, -0.1) is 0 Å². The second-order valence-corrected chi connectivity index (χ2v) is 4.51. The topological polar surface area (TPSA) is 44.4 Å². The first-order chi connectivity index (χ1) is 7.13. The molecule has 88 valence electrons. The van der Waals surface area contributed by atoms with Gasteiger partial charge in [0.25, 0.3) is 0 Å². The van der Waals surface area contributed by atoms with E-state index in [2.05, 4.69) is 29.5 Å². The number of hydrogen-bond donors (Lipinski definition) is 2. The molecule has 2 unspecified atom stereocenters. The Morgan fingerprint density at radius 2 is 2.27 bits per heavy atom. The van der Waals surface area contributed by atoms with Crippen LogP contribution in [0.2, 0.25) is 0 Å². The molecular weight excluding hydrogens is 190 g/mol. The van der Waals surface area contributed by atoms with Crippen molar-refractivity contribution in [3.05, 3.63) is 0 Å². The summed E-state index contributed by atoms with van der Waals surface area (Å²) in [7, 11) is 3.85. The van der Waals surface area contributed by atoms with Gasteiger partial charge in [-0.25, -0.2) is 0 Å². The van der Waals surface area contributed by atoms with Gasteiger partial charge in [-0.05, 0) is 25.9 Å². The van der Waals surface area contributed by atoms with Crippen LogP contribution in [0.5, 0.6) is 0 Å². The van der Waals surface area contributed by atoms with Crippen LogP contribution in [0.25, 0.3) is 0 Å². The van der Waals surface area contributed by atoms with Crippen LogP contribution in [0.3, 0.4) is 0 Å². The average Bonchev–Trinajstić information content (AvgIpc) is 2.21. The van der Waals surface area contributed by atoms with Gasteiger partial charge in [-0.1, -0.05) is 6.92 Å². The summed E-state index contributed by atoms with van der Waals surface area (Å²) >= 11 is 0. The van der Waals surface area contributed by atoms with Crippen molar-refractivity contribution in [3.63, 3.8) is 0 Å². The van der Waals surface area contributed by atoms with Gasteiger partial charge in [-0.2, -0.15) is 0 Å². The minimum Gasteiger partial charge on any atom is -0.359 e. The predicted octanol–water partition coefficient (Wildman–Crippen LogP) is 0.0523. The second-order valence-electron chi connectivity index (χ2n) is 4.51. The molecule has 0 aromatic rings. The molecule has 1 rings (SSSR count). The van der Waals surface area contributed by atoms with E-state index in [-0.39, 0.29) is 5.91 Å². The van der Waals surface area contributed by atoms with Crippen molar-refractivity contribution in [2.24, 2.45) is 5.92 Å². The number of amides is 1. The number of rotatable bonds is 4. The Balaban J connectivity index is 2.18. The lowest BCUT2D eigenvalue weighted by Crippen LogP contribution is -2.47. The first-order valence-corrected chi connectivity index (χ1v) is 5.76. The van der Waals surface area contributed by atoms with Crippen molar-refractivity contribution in [2.75, 3.05) is 33.7 Å². The van der Waals surface area contributed by atoms with Crippen LogP contribution in [0.15, 0.2) is 0 Å². The maximum Gasteiger partial charge on any atom is 0.221 e. The summed E-state index contributed by atoms with van der Waals surface area (Å²) in [5.41, 5.74) is 0. The Morgan fingerprint density at radius 1 is 1.53 bits per heavy atom. The lowest BCUT2D eigenvalue weighted by Gasteiger charge is -2.35. The molecular formula is C11H23N3O. The van der Waals surface area contributed by atoms with E-state index in [0.29, 0.717) is 18.4 Å². The van der Waals surface area contributed by atoms with E-state index in [1.54, 1.807) is 7.05 Å². The summed E-state index contributed by atoms with van der Waals surface area (Å²) in [6.07, 6.45) is 1.76. The highest BCUT2D eigenvalue weighted by Gasteiger charge is 2.23. The van der Waals surface area contributed by atoms with Crippen molar-refractivity contribution in [3.8, 4) is 0 Å². The third-order valence-corrected chi connectivity index (χ3v) is 3.15. The van der Waals surface area contributed by atoms with E-state index in [4.69, 9.17) is 0 Å². The zero-order valence-electron chi connectivity index (χ0n) is 10.0. The summed E-state index contributed by atoms with van der Waals surface area (Å²) in [6.45, 7) is 5.37. The van der Waals surface area contributed by atoms with Gasteiger partial charge in [-0.3, -0.25) is 4.79 Å². The Morgan fingerprint density at radius 3 is 2.87 bits per heavy atom. The molecule has 0 bridgehead atoms. The van der Waals surface area contributed by atoms with Gasteiger partial charge in [0.2, 0.25) is 5.91 Å². The summed E-state index contributed by atoms with van der Waals surface area (Å²) in [5.74, 6) is 0.788. The van der Waals surface area contributed by atoms with Gasteiger partial charge < -0.3 is 15.5 Å². The van der Waals surface area contributed by atoms with Crippen molar-refractivity contribution in [1.29, 1.82) is 0 Å². The van der Waals surface area contributed by atoms with Crippen molar-refractivity contribution < 1.29 is 4.79 Å². The number of carbonyl (C=O) groups excluding carboxylic acids is 1. The smallest absolute Gasteiger partial charge is 0.221 e. The standard InChI is InChI=1S/C11H23N3O/c1-9-8-14(3)7-5-10(9)13-6-4-11(15)12-2/h9-10,13H,4-8H2,1-3H3,(H,12,15). The summed E-state index contributed by atoms with van der Waals surface area (Å²) in [5, 5.41) is 6.10. The molecule has 0 spiro atoms. The maximum absolute atomic E-state index is 11.0. The first-order valence-electron chi connectivity index (χ1n) is 5.76. The molecule has 1 aliphatic heterocycles. The van der Waals surface area contributed by atoms with E-state index in [0.717, 1.165) is 19.6 Å². The maximum atomic E-state index is 11.0. The lowest BCUT2D eigenvalue weighted by molar-refractivity contribution is -0.120. The van der Waals surface area contributed by atoms with E-state index in [1.165, 1.54) is 6.42 Å². The Bertz CT molecular complexity index is 208. The quantitative estimate of drug-likeness (QED) is 0.694. The number of carbonyl (C=O) groups is 1. The summed E-state index contributed by atoms with van der Waals surface area (Å²) in [4.78, 5) is 13.4. The highest BCUT2D eigenvalue weighted by atomic mass is 16.1. The monoisotopic (exact) mass is 213 g/mol. The van der Waals surface area contributed by atoms with E-state index in [1.807, 2.05) is 0 Å². The Hall–Kier alpha value is -0.610. The normalized spacial score (nSPS) is 27.7. The van der Waals surface area contributed by atoms with Crippen LogP contribution in [-0.4, -0.2) is 50.6 Å². The van der Waals surface area contributed by atoms with Gasteiger partial charge in [0.15, 0.2) is 0 Å².